The van der Waals surface area contributed by atoms with Crippen molar-refractivity contribution >= 4 is 18.0 Å². The van der Waals surface area contributed by atoms with E-state index in [1.807, 2.05) is 74.5 Å². The Labute approximate surface area is 175 Å². The molecule has 0 radical (unpaired) electrons. The molecule has 6 heteroatoms. The summed E-state index contributed by atoms with van der Waals surface area (Å²) in [4.78, 5) is 26.4. The van der Waals surface area contributed by atoms with Crippen LogP contribution in [0, 0.1) is 13.8 Å². The molecule has 2 heterocycles. The van der Waals surface area contributed by atoms with Gasteiger partial charge in [0.2, 0.25) is 0 Å². The lowest BCUT2D eigenvalue weighted by Gasteiger charge is -2.11. The number of ether oxygens (including phenoxy) is 1. The molecule has 1 fully saturated rings. The van der Waals surface area contributed by atoms with Crippen molar-refractivity contribution in [2.45, 2.75) is 20.4 Å². The van der Waals surface area contributed by atoms with Crippen LogP contribution < -0.4 is 10.1 Å². The zero-order chi connectivity index (χ0) is 21.3. The third-order valence-electron chi connectivity index (χ3n) is 5.25. The average Bonchev–Trinajstić information content (AvgIpc) is 3.18. The SMILES string of the molecule is COc1ccc(-n2c(C)cc(/C=C3/NC(=O)N(Cc4ccccc4)C3=O)c2C)cc1. The molecule has 0 unspecified atom stereocenters. The van der Waals surface area contributed by atoms with Gasteiger partial charge >= 0.3 is 6.03 Å². The minimum absolute atomic E-state index is 0.244. The number of carbonyl (C=O) groups excluding carboxylic acids is 2. The Bertz CT molecular complexity index is 1130. The number of aromatic nitrogens is 1. The summed E-state index contributed by atoms with van der Waals surface area (Å²) < 4.78 is 7.34. The van der Waals surface area contributed by atoms with E-state index in [1.54, 1.807) is 13.2 Å². The fraction of sp³-hybridized carbons (Fsp3) is 0.167. The monoisotopic (exact) mass is 401 g/mol. The standard InChI is InChI=1S/C24H23N3O3/c1-16-13-19(17(2)27(16)20-9-11-21(30-3)12-10-20)14-22-23(28)26(24(29)25-22)15-18-7-5-4-6-8-18/h4-14H,15H2,1-3H3,(H,25,29)/b22-14+. The third kappa shape index (κ3) is 3.59. The van der Waals surface area contributed by atoms with E-state index in [1.165, 1.54) is 4.90 Å². The van der Waals surface area contributed by atoms with Crippen LogP contribution in [0.4, 0.5) is 4.79 Å². The number of rotatable bonds is 5. The highest BCUT2D eigenvalue weighted by atomic mass is 16.5. The number of urea groups is 1. The molecule has 30 heavy (non-hydrogen) atoms. The molecule has 1 aromatic heterocycles. The van der Waals surface area contributed by atoms with Gasteiger partial charge in [-0.1, -0.05) is 30.3 Å². The topological polar surface area (TPSA) is 63.6 Å². The number of hydrogen-bond donors (Lipinski definition) is 1. The summed E-state index contributed by atoms with van der Waals surface area (Å²) in [7, 11) is 1.64. The van der Waals surface area contributed by atoms with Crippen LogP contribution in [0.2, 0.25) is 0 Å². The lowest BCUT2D eigenvalue weighted by molar-refractivity contribution is -0.123. The zero-order valence-electron chi connectivity index (χ0n) is 17.2. The molecule has 0 saturated carbocycles. The Hall–Kier alpha value is -3.80. The van der Waals surface area contributed by atoms with E-state index >= 15 is 0 Å². The maximum absolute atomic E-state index is 12.8. The van der Waals surface area contributed by atoms with Crippen molar-refractivity contribution in [1.82, 2.24) is 14.8 Å². The van der Waals surface area contributed by atoms with Crippen molar-refractivity contribution in [2.75, 3.05) is 7.11 Å². The molecular formula is C24H23N3O3. The number of nitrogens with one attached hydrogen (secondary N) is 1. The summed E-state index contributed by atoms with van der Waals surface area (Å²) in [6, 6.07) is 18.9. The van der Waals surface area contributed by atoms with E-state index in [0.29, 0.717) is 0 Å². The number of methoxy groups -OCH3 is 1. The molecule has 1 N–H and O–H groups in total. The van der Waals surface area contributed by atoms with Gasteiger partial charge in [-0.05, 0) is 61.4 Å². The van der Waals surface area contributed by atoms with Gasteiger partial charge in [0.25, 0.3) is 5.91 Å². The second-order valence-corrected chi connectivity index (χ2v) is 7.22. The molecule has 3 amide bonds. The number of amides is 3. The van der Waals surface area contributed by atoms with Gasteiger partial charge in [0.1, 0.15) is 11.4 Å². The van der Waals surface area contributed by atoms with Crippen LogP contribution in [0.5, 0.6) is 5.75 Å². The first-order chi connectivity index (χ1) is 14.5. The Kier molecular flexibility index (Phi) is 5.14. The van der Waals surface area contributed by atoms with Gasteiger partial charge < -0.3 is 14.6 Å². The van der Waals surface area contributed by atoms with Gasteiger partial charge in [0, 0.05) is 17.1 Å². The Morgan fingerprint density at radius 2 is 1.70 bits per heavy atom. The minimum atomic E-state index is -0.404. The number of imide groups is 1. The van der Waals surface area contributed by atoms with Crippen molar-refractivity contribution in [2.24, 2.45) is 0 Å². The smallest absolute Gasteiger partial charge is 0.329 e. The fourth-order valence-electron chi connectivity index (χ4n) is 3.70. The Morgan fingerprint density at radius 1 is 1.00 bits per heavy atom. The normalized spacial score (nSPS) is 15.0. The number of nitrogens with zero attached hydrogens (tertiary/aromatic N) is 2. The fourth-order valence-corrected chi connectivity index (χ4v) is 3.70. The summed E-state index contributed by atoms with van der Waals surface area (Å²) in [5, 5.41) is 2.71. The number of aryl methyl sites for hydroxylation is 1. The van der Waals surface area contributed by atoms with Gasteiger partial charge in [-0.25, -0.2) is 4.79 Å². The molecule has 0 spiro atoms. The molecule has 6 nitrogen and oxygen atoms in total. The highest BCUT2D eigenvalue weighted by molar-refractivity contribution is 6.13. The van der Waals surface area contributed by atoms with Crippen LogP contribution in [0.3, 0.4) is 0 Å². The highest BCUT2D eigenvalue weighted by Crippen LogP contribution is 2.25. The maximum Gasteiger partial charge on any atom is 0.329 e. The van der Waals surface area contributed by atoms with Crippen LogP contribution in [0.25, 0.3) is 11.8 Å². The van der Waals surface area contributed by atoms with Crippen molar-refractivity contribution < 1.29 is 14.3 Å². The molecule has 152 valence electrons. The summed E-state index contributed by atoms with van der Waals surface area (Å²) in [6.45, 7) is 4.25. The summed E-state index contributed by atoms with van der Waals surface area (Å²) in [6.07, 6.45) is 1.74. The second-order valence-electron chi connectivity index (χ2n) is 7.22. The van der Waals surface area contributed by atoms with E-state index in [0.717, 1.165) is 34.0 Å². The van der Waals surface area contributed by atoms with Crippen molar-refractivity contribution in [3.63, 3.8) is 0 Å². The predicted octanol–water partition coefficient (Wildman–Crippen LogP) is 4.20. The lowest BCUT2D eigenvalue weighted by Crippen LogP contribution is -2.30. The molecule has 0 atom stereocenters. The molecule has 1 aliphatic heterocycles. The van der Waals surface area contributed by atoms with Gasteiger partial charge in [0.15, 0.2) is 0 Å². The highest BCUT2D eigenvalue weighted by Gasteiger charge is 2.33. The van der Waals surface area contributed by atoms with Crippen LogP contribution in [0.15, 0.2) is 66.4 Å². The lowest BCUT2D eigenvalue weighted by atomic mass is 10.2. The van der Waals surface area contributed by atoms with E-state index in [-0.39, 0.29) is 18.1 Å². The third-order valence-corrected chi connectivity index (χ3v) is 5.25. The van der Waals surface area contributed by atoms with E-state index < -0.39 is 6.03 Å². The van der Waals surface area contributed by atoms with Crippen molar-refractivity contribution in [3.05, 3.63) is 88.9 Å². The van der Waals surface area contributed by atoms with Gasteiger partial charge in [-0.2, -0.15) is 0 Å². The molecule has 1 saturated heterocycles. The average molecular weight is 401 g/mol. The predicted molar refractivity (Wildman–Crippen MR) is 115 cm³/mol. The Balaban J connectivity index is 1.62. The summed E-state index contributed by atoms with van der Waals surface area (Å²) in [5.74, 6) is 0.472. The molecule has 0 bridgehead atoms. The largest absolute Gasteiger partial charge is 0.497 e. The van der Waals surface area contributed by atoms with Crippen molar-refractivity contribution in [1.29, 1.82) is 0 Å². The molecular weight excluding hydrogens is 378 g/mol. The van der Waals surface area contributed by atoms with E-state index in [4.69, 9.17) is 4.74 Å². The first-order valence-corrected chi connectivity index (χ1v) is 9.70. The van der Waals surface area contributed by atoms with Gasteiger partial charge in [0.05, 0.1) is 13.7 Å². The van der Waals surface area contributed by atoms with E-state index in [2.05, 4.69) is 9.88 Å². The van der Waals surface area contributed by atoms with Crippen LogP contribution in [0.1, 0.15) is 22.5 Å². The minimum Gasteiger partial charge on any atom is -0.497 e. The number of hydrogen-bond acceptors (Lipinski definition) is 3. The van der Waals surface area contributed by atoms with Gasteiger partial charge in [-0.3, -0.25) is 9.69 Å². The van der Waals surface area contributed by atoms with Crippen LogP contribution >= 0.6 is 0 Å². The molecule has 2 aromatic carbocycles. The number of carbonyl (C=O) groups is 2. The maximum atomic E-state index is 12.8. The Morgan fingerprint density at radius 3 is 2.37 bits per heavy atom. The molecule has 1 aliphatic rings. The van der Waals surface area contributed by atoms with Crippen LogP contribution in [-0.2, 0) is 11.3 Å². The second kappa shape index (κ2) is 7.91. The molecule has 3 aromatic rings. The first kappa shape index (κ1) is 19.5. The zero-order valence-corrected chi connectivity index (χ0v) is 17.2. The summed E-state index contributed by atoms with van der Waals surface area (Å²) in [5.41, 5.74) is 5.08. The van der Waals surface area contributed by atoms with E-state index in [9.17, 15) is 9.59 Å². The molecule has 0 aliphatic carbocycles. The number of benzene rings is 2. The van der Waals surface area contributed by atoms with Crippen molar-refractivity contribution in [3.8, 4) is 11.4 Å². The van der Waals surface area contributed by atoms with Gasteiger partial charge in [-0.15, -0.1) is 0 Å². The van der Waals surface area contributed by atoms with Crippen LogP contribution in [-0.4, -0.2) is 28.5 Å². The first-order valence-electron chi connectivity index (χ1n) is 9.70. The molecule has 4 rings (SSSR count). The summed E-state index contributed by atoms with van der Waals surface area (Å²) >= 11 is 0. The quantitative estimate of drug-likeness (QED) is 0.515.